The quantitative estimate of drug-likeness (QED) is 0.280. The molecule has 0 N–H and O–H groups in total. The molecule has 0 heterocycles. The maximum Gasteiger partial charge on any atom is 0.323 e. The zero-order valence-electron chi connectivity index (χ0n) is 21.1. The minimum Gasteiger partial charge on any atom is -0.493 e. The van der Waals surface area contributed by atoms with Crippen LogP contribution in [0.15, 0.2) is 36.9 Å². The van der Waals surface area contributed by atoms with Gasteiger partial charge in [0.05, 0.1) is 42.7 Å². The van der Waals surface area contributed by atoms with E-state index in [1.165, 1.54) is 20.3 Å². The molecule has 0 spiro atoms. The molecule has 0 bridgehead atoms. The molecule has 0 radical (unpaired) electrons. The Labute approximate surface area is 205 Å². The minimum absolute atomic E-state index is 0.0737. The number of methoxy groups -OCH3 is 6. The number of carbonyl (C=O) groups excluding carboxylic acids is 2. The molecule has 35 heavy (non-hydrogen) atoms. The number of hydrogen-bond donors (Lipinski definition) is 0. The van der Waals surface area contributed by atoms with Crippen molar-refractivity contribution in [1.82, 2.24) is 0 Å². The lowest BCUT2D eigenvalue weighted by atomic mass is 9.69. The maximum atomic E-state index is 13.0. The van der Waals surface area contributed by atoms with Gasteiger partial charge in [-0.1, -0.05) is 6.08 Å². The first-order valence-electron chi connectivity index (χ1n) is 11.1. The summed E-state index contributed by atoms with van der Waals surface area (Å²) < 4.78 is 32.3. The fourth-order valence-electron chi connectivity index (χ4n) is 4.92. The highest BCUT2D eigenvalue weighted by atomic mass is 16.5. The van der Waals surface area contributed by atoms with E-state index in [-0.39, 0.29) is 18.8 Å². The van der Waals surface area contributed by atoms with Crippen molar-refractivity contribution in [3.05, 3.63) is 48.0 Å². The van der Waals surface area contributed by atoms with Crippen LogP contribution in [-0.2, 0) is 25.5 Å². The van der Waals surface area contributed by atoms with Gasteiger partial charge in [-0.2, -0.15) is 0 Å². The highest BCUT2D eigenvalue weighted by molar-refractivity contribution is 6.00. The largest absolute Gasteiger partial charge is 0.493 e. The van der Waals surface area contributed by atoms with Crippen LogP contribution < -0.4 is 18.9 Å². The Kier molecular flexibility index (Phi) is 7.94. The van der Waals surface area contributed by atoms with Gasteiger partial charge in [-0.05, 0) is 71.7 Å². The van der Waals surface area contributed by atoms with E-state index in [4.69, 9.17) is 28.4 Å². The van der Waals surface area contributed by atoms with E-state index >= 15 is 0 Å². The van der Waals surface area contributed by atoms with Crippen LogP contribution >= 0.6 is 0 Å². The van der Waals surface area contributed by atoms with Gasteiger partial charge in [-0.25, -0.2) is 0 Å². The molecule has 0 aliphatic heterocycles. The summed E-state index contributed by atoms with van der Waals surface area (Å²) in [6, 6.07) is 7.64. The summed E-state index contributed by atoms with van der Waals surface area (Å²) in [7, 11) is 8.83. The van der Waals surface area contributed by atoms with Gasteiger partial charge in [0, 0.05) is 0 Å². The smallest absolute Gasteiger partial charge is 0.323 e. The lowest BCUT2D eigenvalue weighted by molar-refractivity contribution is -0.170. The minimum atomic E-state index is -1.55. The van der Waals surface area contributed by atoms with Crippen molar-refractivity contribution in [2.45, 2.75) is 25.2 Å². The predicted octanol–water partition coefficient (Wildman–Crippen LogP) is 4.33. The van der Waals surface area contributed by atoms with Crippen LogP contribution in [0.2, 0.25) is 0 Å². The summed E-state index contributed by atoms with van der Waals surface area (Å²) in [4.78, 5) is 26.0. The van der Waals surface area contributed by atoms with Gasteiger partial charge < -0.3 is 28.4 Å². The molecule has 0 saturated heterocycles. The third-order valence-corrected chi connectivity index (χ3v) is 6.60. The second-order valence-corrected chi connectivity index (χ2v) is 8.32. The van der Waals surface area contributed by atoms with E-state index < -0.39 is 17.4 Å². The normalized spacial score (nSPS) is 14.2. The van der Waals surface area contributed by atoms with Gasteiger partial charge in [0.1, 0.15) is 0 Å². The van der Waals surface area contributed by atoms with Crippen molar-refractivity contribution in [1.29, 1.82) is 0 Å². The molecule has 1 aliphatic carbocycles. The Hall–Kier alpha value is -3.68. The third-order valence-electron chi connectivity index (χ3n) is 6.60. The Morgan fingerprint density at radius 3 is 1.80 bits per heavy atom. The summed E-state index contributed by atoms with van der Waals surface area (Å²) in [5.41, 5.74) is 2.17. The van der Waals surface area contributed by atoms with Gasteiger partial charge in [0.25, 0.3) is 0 Å². The topological polar surface area (TPSA) is 89.5 Å². The molecule has 2 aromatic rings. The Bertz CT molecular complexity index is 1100. The zero-order valence-corrected chi connectivity index (χ0v) is 21.1. The van der Waals surface area contributed by atoms with E-state index in [2.05, 4.69) is 6.58 Å². The average Bonchev–Trinajstić information content (AvgIpc) is 2.89. The monoisotopic (exact) mass is 484 g/mol. The van der Waals surface area contributed by atoms with Gasteiger partial charge in [-0.3, -0.25) is 9.59 Å². The number of rotatable bonds is 10. The van der Waals surface area contributed by atoms with E-state index in [1.54, 1.807) is 28.4 Å². The molecule has 0 aromatic heterocycles. The molecule has 0 fully saturated rings. The number of ether oxygens (including phenoxy) is 6. The molecule has 188 valence electrons. The molecular formula is C27H32O8. The van der Waals surface area contributed by atoms with Gasteiger partial charge in [-0.15, -0.1) is 6.58 Å². The predicted molar refractivity (Wildman–Crippen MR) is 130 cm³/mol. The van der Waals surface area contributed by atoms with Gasteiger partial charge in [0.2, 0.25) is 0 Å². The molecule has 1 atom stereocenters. The summed E-state index contributed by atoms with van der Waals surface area (Å²) in [5, 5.41) is 0. The van der Waals surface area contributed by atoms with Crippen molar-refractivity contribution in [3.8, 4) is 34.1 Å². The van der Waals surface area contributed by atoms with Crippen LogP contribution in [0.5, 0.6) is 23.0 Å². The maximum absolute atomic E-state index is 13.0. The second kappa shape index (κ2) is 10.7. The van der Waals surface area contributed by atoms with Crippen molar-refractivity contribution < 1.29 is 38.0 Å². The number of hydrogen-bond acceptors (Lipinski definition) is 8. The first kappa shape index (κ1) is 25.9. The van der Waals surface area contributed by atoms with E-state index in [1.807, 2.05) is 24.3 Å². The number of benzene rings is 2. The molecule has 8 nitrogen and oxygen atoms in total. The van der Waals surface area contributed by atoms with E-state index in [9.17, 15) is 9.59 Å². The molecule has 0 amide bonds. The highest BCUT2D eigenvalue weighted by Gasteiger charge is 2.50. The van der Waals surface area contributed by atoms with Crippen molar-refractivity contribution >= 4 is 11.9 Å². The summed E-state index contributed by atoms with van der Waals surface area (Å²) in [5.74, 6) is 0.710. The first-order valence-corrected chi connectivity index (χ1v) is 11.1. The third kappa shape index (κ3) is 4.52. The number of carbonyl (C=O) groups is 2. The van der Waals surface area contributed by atoms with Crippen LogP contribution in [0.4, 0.5) is 0 Å². The van der Waals surface area contributed by atoms with Crippen molar-refractivity contribution in [2.24, 2.45) is 5.41 Å². The zero-order chi connectivity index (χ0) is 25.8. The van der Waals surface area contributed by atoms with Crippen LogP contribution in [0.3, 0.4) is 0 Å². The van der Waals surface area contributed by atoms with Crippen molar-refractivity contribution in [2.75, 3.05) is 42.7 Å². The molecule has 0 saturated carbocycles. The molecule has 8 heteroatoms. The standard InChI is InChI=1S/C27H32O8/c1-8-9-27(25(28)34-6,26(29)35-7)15-17-10-16-11-21(30-2)22(31-3)12-18(16)20-14-24(33-5)23(32-4)13-19(17)20/h8,11-14,17H,1,9-10,15H2,2-7H3. The number of allylic oxidation sites excluding steroid dienone is 1. The number of esters is 2. The average molecular weight is 485 g/mol. The van der Waals surface area contributed by atoms with E-state index in [0.717, 1.165) is 22.3 Å². The van der Waals surface area contributed by atoms with Crippen LogP contribution in [0, 0.1) is 5.41 Å². The second-order valence-electron chi connectivity index (χ2n) is 8.32. The fraction of sp³-hybridized carbons (Fsp3) is 0.407. The Morgan fingerprint density at radius 1 is 0.829 bits per heavy atom. The van der Waals surface area contributed by atoms with Crippen LogP contribution in [0.25, 0.3) is 11.1 Å². The lowest BCUT2D eigenvalue weighted by Gasteiger charge is -2.35. The Morgan fingerprint density at radius 2 is 1.31 bits per heavy atom. The number of fused-ring (bicyclic) bond motifs is 3. The Balaban J connectivity index is 2.27. The SMILES string of the molecule is C=CCC(CC1Cc2cc(OC)c(OC)cc2-c2cc(OC)c(OC)cc21)(C(=O)OC)C(=O)OC. The highest BCUT2D eigenvalue weighted by Crippen LogP contribution is 2.51. The molecule has 1 aliphatic rings. The summed E-state index contributed by atoms with van der Waals surface area (Å²) in [6.07, 6.45) is 2.29. The molecule has 2 aromatic carbocycles. The van der Waals surface area contributed by atoms with E-state index in [0.29, 0.717) is 29.4 Å². The first-order chi connectivity index (χ1) is 16.8. The molecule has 3 rings (SSSR count). The van der Waals surface area contributed by atoms with Crippen LogP contribution in [0.1, 0.15) is 29.9 Å². The fourth-order valence-corrected chi connectivity index (χ4v) is 4.92. The van der Waals surface area contributed by atoms with Gasteiger partial charge >= 0.3 is 11.9 Å². The summed E-state index contributed by atoms with van der Waals surface area (Å²) >= 11 is 0. The lowest BCUT2D eigenvalue weighted by Crippen LogP contribution is -2.42. The summed E-state index contributed by atoms with van der Waals surface area (Å²) in [6.45, 7) is 3.76. The van der Waals surface area contributed by atoms with Crippen molar-refractivity contribution in [3.63, 3.8) is 0 Å². The van der Waals surface area contributed by atoms with Crippen LogP contribution in [-0.4, -0.2) is 54.6 Å². The molecule has 1 unspecified atom stereocenters. The molecular weight excluding hydrogens is 452 g/mol. The van der Waals surface area contributed by atoms with Gasteiger partial charge in [0.15, 0.2) is 28.4 Å².